The fourth-order valence-corrected chi connectivity index (χ4v) is 4.43. The minimum atomic E-state index is -0.207. The van der Waals surface area contributed by atoms with Gasteiger partial charge in [0.25, 0.3) is 5.91 Å². The second-order valence-corrected chi connectivity index (χ2v) is 8.08. The molecule has 0 unspecified atom stereocenters. The van der Waals surface area contributed by atoms with E-state index in [2.05, 4.69) is 11.1 Å². The van der Waals surface area contributed by atoms with E-state index < -0.39 is 0 Å². The Bertz CT molecular complexity index is 1090. The standard InChI is InChI=1S/C20H15ClN2O2S2/c1-26-14-8-9-17-18(11-14)27-20(22-17)23(12-13-5-4-10-25-13)19(24)15-6-2-3-7-16(15)21/h2-11H,12H2,1H3. The van der Waals surface area contributed by atoms with Gasteiger partial charge in [0.1, 0.15) is 5.76 Å². The number of aromatic nitrogens is 1. The zero-order valence-corrected chi connectivity index (χ0v) is 16.8. The van der Waals surface area contributed by atoms with Crippen LogP contribution in [0.25, 0.3) is 10.2 Å². The highest BCUT2D eigenvalue weighted by atomic mass is 35.5. The van der Waals surface area contributed by atoms with Crippen molar-refractivity contribution in [2.24, 2.45) is 0 Å². The van der Waals surface area contributed by atoms with E-state index in [1.165, 1.54) is 11.3 Å². The van der Waals surface area contributed by atoms with Crippen molar-refractivity contribution in [3.05, 3.63) is 77.2 Å². The lowest BCUT2D eigenvalue weighted by Crippen LogP contribution is -2.30. The number of amides is 1. The van der Waals surface area contributed by atoms with Crippen molar-refractivity contribution >= 4 is 56.0 Å². The Morgan fingerprint density at radius 2 is 2.07 bits per heavy atom. The van der Waals surface area contributed by atoms with Crippen LogP contribution in [0.1, 0.15) is 16.1 Å². The summed E-state index contributed by atoms with van der Waals surface area (Å²) in [5.74, 6) is 0.473. The van der Waals surface area contributed by atoms with Crippen LogP contribution in [-0.4, -0.2) is 17.1 Å². The maximum atomic E-state index is 13.3. The van der Waals surface area contributed by atoms with Crippen molar-refractivity contribution in [1.29, 1.82) is 0 Å². The number of anilines is 1. The Hall–Kier alpha value is -2.28. The lowest BCUT2D eigenvalue weighted by atomic mass is 10.2. The van der Waals surface area contributed by atoms with Crippen LogP contribution in [0.3, 0.4) is 0 Å². The monoisotopic (exact) mass is 414 g/mol. The Balaban J connectivity index is 1.78. The van der Waals surface area contributed by atoms with Crippen LogP contribution in [0.2, 0.25) is 5.02 Å². The Kier molecular flexibility index (Phi) is 5.20. The topological polar surface area (TPSA) is 46.3 Å². The first-order valence-electron chi connectivity index (χ1n) is 8.19. The summed E-state index contributed by atoms with van der Waals surface area (Å²) in [5.41, 5.74) is 1.30. The first-order chi connectivity index (χ1) is 13.2. The predicted molar refractivity (Wildman–Crippen MR) is 112 cm³/mol. The summed E-state index contributed by atoms with van der Waals surface area (Å²) in [6.45, 7) is 0.284. The SMILES string of the molecule is CSc1ccc2nc(N(Cc3ccco3)C(=O)c3ccccc3Cl)sc2c1. The molecule has 0 spiro atoms. The zero-order chi connectivity index (χ0) is 18.8. The summed E-state index contributed by atoms with van der Waals surface area (Å²) < 4.78 is 6.49. The van der Waals surface area contributed by atoms with Crippen LogP contribution in [-0.2, 0) is 6.54 Å². The van der Waals surface area contributed by atoms with Crippen molar-refractivity contribution in [3.63, 3.8) is 0 Å². The number of thiazole rings is 1. The van der Waals surface area contributed by atoms with Crippen molar-refractivity contribution in [3.8, 4) is 0 Å². The summed E-state index contributed by atoms with van der Waals surface area (Å²) >= 11 is 9.42. The van der Waals surface area contributed by atoms with Crippen LogP contribution >= 0.6 is 34.7 Å². The molecule has 27 heavy (non-hydrogen) atoms. The molecular weight excluding hydrogens is 400 g/mol. The summed E-state index contributed by atoms with van der Waals surface area (Å²) in [4.78, 5) is 20.7. The van der Waals surface area contributed by atoms with Gasteiger partial charge in [-0.3, -0.25) is 9.69 Å². The third-order valence-corrected chi connectivity index (χ3v) is 6.15. The largest absolute Gasteiger partial charge is 0.467 e. The minimum Gasteiger partial charge on any atom is -0.467 e. The molecule has 2 heterocycles. The maximum Gasteiger partial charge on any atom is 0.262 e. The van der Waals surface area contributed by atoms with Crippen LogP contribution in [0.15, 0.2) is 70.2 Å². The number of hydrogen-bond donors (Lipinski definition) is 0. The molecule has 4 aromatic rings. The van der Waals surface area contributed by atoms with Gasteiger partial charge >= 0.3 is 0 Å². The molecule has 0 aliphatic rings. The van der Waals surface area contributed by atoms with E-state index in [0.717, 1.165) is 15.1 Å². The molecule has 0 fully saturated rings. The Morgan fingerprint density at radius 3 is 2.81 bits per heavy atom. The van der Waals surface area contributed by atoms with E-state index in [-0.39, 0.29) is 12.5 Å². The first-order valence-corrected chi connectivity index (χ1v) is 10.6. The van der Waals surface area contributed by atoms with Crippen molar-refractivity contribution in [2.45, 2.75) is 11.4 Å². The number of fused-ring (bicyclic) bond motifs is 1. The molecule has 4 rings (SSSR count). The van der Waals surface area contributed by atoms with E-state index in [4.69, 9.17) is 16.0 Å². The molecule has 0 saturated carbocycles. The third-order valence-electron chi connectivity index (χ3n) is 4.06. The van der Waals surface area contributed by atoms with Crippen LogP contribution < -0.4 is 4.90 Å². The highest BCUT2D eigenvalue weighted by molar-refractivity contribution is 7.98. The first kappa shape index (κ1) is 18.1. The van der Waals surface area contributed by atoms with Gasteiger partial charge in [0, 0.05) is 4.90 Å². The normalized spacial score (nSPS) is 11.0. The number of furan rings is 1. The molecule has 0 bridgehead atoms. The summed E-state index contributed by atoms with van der Waals surface area (Å²) in [7, 11) is 0. The van der Waals surface area contributed by atoms with Crippen molar-refractivity contribution in [1.82, 2.24) is 4.98 Å². The number of thioether (sulfide) groups is 1. The average Bonchev–Trinajstić information content (AvgIpc) is 3.34. The number of hydrogen-bond acceptors (Lipinski definition) is 5. The molecule has 0 aliphatic heterocycles. The molecule has 2 aromatic heterocycles. The molecule has 136 valence electrons. The Morgan fingerprint density at radius 1 is 1.22 bits per heavy atom. The van der Waals surface area contributed by atoms with Gasteiger partial charge in [-0.1, -0.05) is 35.1 Å². The highest BCUT2D eigenvalue weighted by Gasteiger charge is 2.24. The number of nitrogens with zero attached hydrogens (tertiary/aromatic N) is 2. The van der Waals surface area contributed by atoms with Crippen LogP contribution in [0.5, 0.6) is 0 Å². The highest BCUT2D eigenvalue weighted by Crippen LogP contribution is 2.33. The van der Waals surface area contributed by atoms with E-state index in [1.807, 2.05) is 24.5 Å². The average molecular weight is 415 g/mol. The van der Waals surface area contributed by atoms with E-state index >= 15 is 0 Å². The molecular formula is C20H15ClN2O2S2. The third kappa shape index (κ3) is 3.74. The van der Waals surface area contributed by atoms with Gasteiger partial charge in [-0.05, 0) is 48.7 Å². The van der Waals surface area contributed by atoms with Gasteiger partial charge < -0.3 is 4.42 Å². The van der Waals surface area contributed by atoms with Gasteiger partial charge in [0.15, 0.2) is 5.13 Å². The van der Waals surface area contributed by atoms with E-state index in [9.17, 15) is 4.79 Å². The second kappa shape index (κ2) is 7.76. The summed E-state index contributed by atoms with van der Waals surface area (Å²) in [6, 6.07) is 16.8. The molecule has 1 amide bonds. The Labute approximate surface area is 169 Å². The molecule has 7 heteroatoms. The minimum absolute atomic E-state index is 0.207. The number of halogens is 1. The van der Waals surface area contributed by atoms with Crippen LogP contribution in [0.4, 0.5) is 5.13 Å². The fourth-order valence-electron chi connectivity index (χ4n) is 2.70. The maximum absolute atomic E-state index is 13.3. The summed E-state index contributed by atoms with van der Waals surface area (Å²) in [5, 5.41) is 1.03. The zero-order valence-electron chi connectivity index (χ0n) is 14.4. The van der Waals surface area contributed by atoms with Gasteiger partial charge in [0.05, 0.1) is 33.6 Å². The number of rotatable bonds is 5. The quantitative estimate of drug-likeness (QED) is 0.369. The van der Waals surface area contributed by atoms with Gasteiger partial charge in [-0.25, -0.2) is 4.98 Å². The van der Waals surface area contributed by atoms with E-state index in [1.54, 1.807) is 53.3 Å². The molecule has 0 radical (unpaired) electrons. The molecule has 2 aromatic carbocycles. The number of carbonyl (C=O) groups excluding carboxylic acids is 1. The van der Waals surface area contributed by atoms with Crippen molar-refractivity contribution < 1.29 is 9.21 Å². The number of benzene rings is 2. The van der Waals surface area contributed by atoms with Gasteiger partial charge in [-0.15, -0.1) is 11.8 Å². The number of carbonyl (C=O) groups is 1. The summed E-state index contributed by atoms with van der Waals surface area (Å²) in [6.07, 6.45) is 3.63. The molecule has 0 saturated heterocycles. The lowest BCUT2D eigenvalue weighted by molar-refractivity contribution is 0.0983. The lowest BCUT2D eigenvalue weighted by Gasteiger charge is -2.19. The predicted octanol–water partition coefficient (Wildman–Crippen LogP) is 6.11. The molecule has 0 N–H and O–H groups in total. The van der Waals surface area contributed by atoms with Crippen molar-refractivity contribution in [2.75, 3.05) is 11.2 Å². The molecule has 0 aliphatic carbocycles. The van der Waals surface area contributed by atoms with Gasteiger partial charge in [0.2, 0.25) is 0 Å². The van der Waals surface area contributed by atoms with E-state index in [0.29, 0.717) is 21.5 Å². The van der Waals surface area contributed by atoms with Gasteiger partial charge in [-0.2, -0.15) is 0 Å². The molecule has 4 nitrogen and oxygen atoms in total. The smallest absolute Gasteiger partial charge is 0.262 e. The molecule has 0 atom stereocenters. The van der Waals surface area contributed by atoms with Crippen LogP contribution in [0, 0.1) is 0 Å². The second-order valence-electron chi connectivity index (χ2n) is 5.78. The fraction of sp³-hybridized carbons (Fsp3) is 0.100.